The summed E-state index contributed by atoms with van der Waals surface area (Å²) in [4.78, 5) is 0. The van der Waals surface area contributed by atoms with Crippen LogP contribution in [0.15, 0.2) is 72.8 Å². The van der Waals surface area contributed by atoms with Gasteiger partial charge in [0.15, 0.2) is 0 Å². The maximum atomic E-state index is 13.4. The fourth-order valence-corrected chi connectivity index (χ4v) is 3.76. The largest absolute Gasteiger partial charge is 0.541 e. The second-order valence-corrected chi connectivity index (χ2v) is 8.02. The van der Waals surface area contributed by atoms with Crippen LogP contribution in [-0.4, -0.2) is 0 Å². The fourth-order valence-electron chi connectivity index (χ4n) is 2.12. The van der Waals surface area contributed by atoms with E-state index in [2.05, 4.69) is 5.09 Å². The highest BCUT2D eigenvalue weighted by Gasteiger charge is 2.29. The summed E-state index contributed by atoms with van der Waals surface area (Å²) in [6, 6.07) is 20.5. The van der Waals surface area contributed by atoms with Gasteiger partial charge < -0.3 is 9.05 Å². The Morgan fingerprint density at radius 2 is 1.15 bits per heavy atom. The number of nitrogens with one attached hydrogen (secondary N) is 1. The molecule has 0 bridgehead atoms. The van der Waals surface area contributed by atoms with E-state index in [1.165, 1.54) is 0 Å². The normalized spacial score (nSPS) is 11.0. The van der Waals surface area contributed by atoms with Crippen molar-refractivity contribution >= 4 is 36.6 Å². The number of benzene rings is 3. The van der Waals surface area contributed by atoms with Gasteiger partial charge in [0.25, 0.3) is 0 Å². The van der Waals surface area contributed by atoms with Crippen molar-refractivity contribution in [2.45, 2.75) is 6.92 Å². The Bertz CT molecular complexity index is 791. The van der Waals surface area contributed by atoms with E-state index in [0.29, 0.717) is 27.2 Å². The van der Waals surface area contributed by atoms with Crippen LogP contribution in [0.1, 0.15) is 5.56 Å². The molecule has 0 saturated heterocycles. The summed E-state index contributed by atoms with van der Waals surface area (Å²) in [5.41, 5.74) is 1.70. The van der Waals surface area contributed by atoms with E-state index in [-0.39, 0.29) is 0 Å². The zero-order chi connectivity index (χ0) is 18.6. The van der Waals surface area contributed by atoms with Crippen LogP contribution in [0.2, 0.25) is 10.0 Å². The summed E-state index contributed by atoms with van der Waals surface area (Å²) in [7, 11) is -3.77. The molecule has 0 atom stereocenters. The van der Waals surface area contributed by atoms with Gasteiger partial charge >= 0.3 is 7.75 Å². The Morgan fingerprint density at radius 3 is 1.58 bits per heavy atom. The molecule has 0 saturated carbocycles. The number of aryl methyl sites for hydroxylation is 1. The Labute approximate surface area is 162 Å². The highest BCUT2D eigenvalue weighted by atomic mass is 35.5. The molecule has 4 nitrogen and oxygen atoms in total. The van der Waals surface area contributed by atoms with E-state index in [1.54, 1.807) is 60.7 Å². The first kappa shape index (κ1) is 18.7. The molecule has 1 N–H and O–H groups in total. The summed E-state index contributed by atoms with van der Waals surface area (Å²) >= 11 is 11.8. The van der Waals surface area contributed by atoms with Gasteiger partial charge in [0.05, 0.1) is 0 Å². The number of hydrogen-bond donors (Lipinski definition) is 1. The number of anilines is 1. The third-order valence-electron chi connectivity index (χ3n) is 3.40. The average molecular weight is 408 g/mol. The zero-order valence-electron chi connectivity index (χ0n) is 13.9. The molecule has 0 heterocycles. The third-order valence-corrected chi connectivity index (χ3v) is 5.33. The van der Waals surface area contributed by atoms with Gasteiger partial charge in [-0.25, -0.2) is 4.57 Å². The molecule has 3 rings (SSSR count). The maximum absolute atomic E-state index is 13.4. The monoisotopic (exact) mass is 407 g/mol. The third kappa shape index (κ3) is 5.18. The Kier molecular flexibility index (Phi) is 5.77. The second-order valence-electron chi connectivity index (χ2n) is 5.57. The minimum atomic E-state index is -3.77. The summed E-state index contributed by atoms with van der Waals surface area (Å²) < 4.78 is 24.7. The predicted molar refractivity (Wildman–Crippen MR) is 107 cm³/mol. The molecule has 0 aliphatic heterocycles. The fraction of sp³-hybridized carbons (Fsp3) is 0.0526. The van der Waals surface area contributed by atoms with Gasteiger partial charge in [0, 0.05) is 15.7 Å². The topological polar surface area (TPSA) is 47.6 Å². The van der Waals surface area contributed by atoms with Crippen LogP contribution in [-0.2, 0) is 4.57 Å². The van der Waals surface area contributed by atoms with Crippen molar-refractivity contribution in [2.24, 2.45) is 0 Å². The molecule has 0 spiro atoms. The van der Waals surface area contributed by atoms with Crippen LogP contribution >= 0.6 is 30.9 Å². The van der Waals surface area contributed by atoms with E-state index in [9.17, 15) is 4.57 Å². The van der Waals surface area contributed by atoms with Gasteiger partial charge in [0.2, 0.25) is 0 Å². The highest BCUT2D eigenvalue weighted by Crippen LogP contribution is 2.48. The molecular formula is C19H16Cl2NO3P. The van der Waals surface area contributed by atoms with Crippen molar-refractivity contribution in [3.63, 3.8) is 0 Å². The maximum Gasteiger partial charge on any atom is 0.541 e. The van der Waals surface area contributed by atoms with Gasteiger partial charge in [0.1, 0.15) is 11.5 Å². The van der Waals surface area contributed by atoms with Crippen LogP contribution < -0.4 is 14.1 Å². The van der Waals surface area contributed by atoms with Gasteiger partial charge in [-0.2, -0.15) is 0 Å². The van der Waals surface area contributed by atoms with E-state index < -0.39 is 7.75 Å². The van der Waals surface area contributed by atoms with Crippen LogP contribution in [0.4, 0.5) is 5.69 Å². The molecule has 26 heavy (non-hydrogen) atoms. The van der Waals surface area contributed by atoms with Crippen molar-refractivity contribution < 1.29 is 13.6 Å². The average Bonchev–Trinajstić information content (AvgIpc) is 2.61. The Morgan fingerprint density at radius 1 is 0.731 bits per heavy atom. The summed E-state index contributed by atoms with van der Waals surface area (Å²) in [5, 5.41) is 3.96. The quantitative estimate of drug-likeness (QED) is 0.447. The Hall–Kier alpha value is -2.13. The van der Waals surface area contributed by atoms with Crippen molar-refractivity contribution in [3.8, 4) is 11.5 Å². The zero-order valence-corrected chi connectivity index (χ0v) is 16.3. The minimum absolute atomic E-state index is 0.367. The van der Waals surface area contributed by atoms with Gasteiger partial charge in [-0.15, -0.1) is 0 Å². The minimum Gasteiger partial charge on any atom is -0.400 e. The molecule has 0 amide bonds. The molecule has 0 fully saturated rings. The van der Waals surface area contributed by atoms with E-state index in [0.717, 1.165) is 5.56 Å². The molecule has 0 aliphatic carbocycles. The Balaban J connectivity index is 1.88. The van der Waals surface area contributed by atoms with Gasteiger partial charge in [-0.3, -0.25) is 5.09 Å². The van der Waals surface area contributed by atoms with Crippen LogP contribution in [0.25, 0.3) is 0 Å². The SMILES string of the molecule is Cc1ccc(NP(=O)(Oc2ccc(Cl)cc2)Oc2ccc(Cl)cc2)cc1. The first-order valence-corrected chi connectivity index (χ1v) is 10.1. The molecular weight excluding hydrogens is 392 g/mol. The number of halogens is 2. The summed E-state index contributed by atoms with van der Waals surface area (Å²) in [5.74, 6) is 0.734. The van der Waals surface area contributed by atoms with Gasteiger partial charge in [-0.05, 0) is 67.6 Å². The first-order chi connectivity index (χ1) is 12.4. The molecule has 0 unspecified atom stereocenters. The molecule has 3 aromatic rings. The smallest absolute Gasteiger partial charge is 0.400 e. The van der Waals surface area contributed by atoms with Crippen LogP contribution in [0.3, 0.4) is 0 Å². The lowest BCUT2D eigenvalue weighted by Crippen LogP contribution is -2.09. The van der Waals surface area contributed by atoms with Crippen molar-refractivity contribution in [1.29, 1.82) is 0 Å². The molecule has 0 radical (unpaired) electrons. The van der Waals surface area contributed by atoms with E-state index in [1.807, 2.05) is 19.1 Å². The molecule has 0 aromatic heterocycles. The van der Waals surface area contributed by atoms with Crippen LogP contribution in [0, 0.1) is 6.92 Å². The molecule has 134 valence electrons. The van der Waals surface area contributed by atoms with Crippen molar-refractivity contribution in [2.75, 3.05) is 5.09 Å². The first-order valence-electron chi connectivity index (χ1n) is 7.77. The predicted octanol–water partition coefficient (Wildman–Crippen LogP) is 6.98. The van der Waals surface area contributed by atoms with Crippen molar-refractivity contribution in [3.05, 3.63) is 88.4 Å². The number of hydrogen-bond acceptors (Lipinski definition) is 3. The number of rotatable bonds is 6. The lowest BCUT2D eigenvalue weighted by molar-refractivity contribution is 0.393. The summed E-state index contributed by atoms with van der Waals surface area (Å²) in [6.07, 6.45) is 0. The van der Waals surface area contributed by atoms with Crippen molar-refractivity contribution in [1.82, 2.24) is 0 Å². The van der Waals surface area contributed by atoms with Crippen LogP contribution in [0.5, 0.6) is 11.5 Å². The van der Waals surface area contributed by atoms with Gasteiger partial charge in [-0.1, -0.05) is 40.9 Å². The van der Waals surface area contributed by atoms with E-state index >= 15 is 0 Å². The molecule has 3 aromatic carbocycles. The molecule has 7 heteroatoms. The second kappa shape index (κ2) is 8.05. The summed E-state index contributed by atoms with van der Waals surface area (Å²) in [6.45, 7) is 1.97. The lowest BCUT2D eigenvalue weighted by atomic mass is 10.2. The lowest BCUT2D eigenvalue weighted by Gasteiger charge is -2.21. The molecule has 0 aliphatic rings. The highest BCUT2D eigenvalue weighted by molar-refractivity contribution is 7.56. The standard InChI is InChI=1S/C19H16Cl2NO3P/c1-14-2-8-17(9-3-14)22-26(23,24-18-10-4-15(20)5-11-18)25-19-12-6-16(21)7-13-19/h2-13H,1H3,(H,22,23). The van der Waals surface area contributed by atoms with E-state index in [4.69, 9.17) is 32.2 Å².